The van der Waals surface area contributed by atoms with E-state index in [9.17, 15) is 9.59 Å². The number of carboxylic acids is 1. The average molecular weight is 361 g/mol. The molecule has 0 spiro atoms. The maximum Gasteiger partial charge on any atom is 0.334 e. The molecule has 1 N–H and O–H groups in total. The Hall–Kier alpha value is -2.08. The largest absolute Gasteiger partial charge is 0.493 e. The summed E-state index contributed by atoms with van der Waals surface area (Å²) in [4.78, 5) is 25.4. The molecule has 1 aromatic carbocycles. The van der Waals surface area contributed by atoms with Gasteiger partial charge in [0.1, 0.15) is 5.75 Å². The molecule has 1 amide bonds. The Kier molecular flexibility index (Phi) is 6.14. The summed E-state index contributed by atoms with van der Waals surface area (Å²) >= 11 is 0. The SMILES string of the molecule is C[C@@H]1CN(C(=O)c2ccc(OCC3CCCCC3)cc2)CC(C(=O)O)O1. The van der Waals surface area contributed by atoms with Crippen molar-refractivity contribution >= 4 is 11.9 Å². The summed E-state index contributed by atoms with van der Waals surface area (Å²) in [6.45, 7) is 2.97. The highest BCUT2D eigenvalue weighted by Crippen LogP contribution is 2.25. The van der Waals surface area contributed by atoms with Crippen molar-refractivity contribution in [2.75, 3.05) is 19.7 Å². The van der Waals surface area contributed by atoms with Gasteiger partial charge in [-0.25, -0.2) is 4.79 Å². The predicted molar refractivity (Wildman–Crippen MR) is 96.4 cm³/mol. The fourth-order valence-electron chi connectivity index (χ4n) is 3.70. The number of amides is 1. The maximum atomic E-state index is 12.7. The van der Waals surface area contributed by atoms with Crippen LogP contribution in [0.3, 0.4) is 0 Å². The van der Waals surface area contributed by atoms with E-state index in [2.05, 4.69) is 0 Å². The van der Waals surface area contributed by atoms with Gasteiger partial charge in [0.05, 0.1) is 19.3 Å². The molecule has 3 rings (SSSR count). The van der Waals surface area contributed by atoms with E-state index < -0.39 is 12.1 Å². The predicted octanol–water partition coefficient (Wildman–Crippen LogP) is 2.96. The lowest BCUT2D eigenvalue weighted by atomic mass is 9.90. The van der Waals surface area contributed by atoms with Crippen LogP contribution in [0.4, 0.5) is 0 Å². The van der Waals surface area contributed by atoms with Crippen LogP contribution >= 0.6 is 0 Å². The van der Waals surface area contributed by atoms with Gasteiger partial charge in [-0.05, 0) is 49.9 Å². The molecule has 1 aliphatic carbocycles. The van der Waals surface area contributed by atoms with Gasteiger partial charge in [-0.3, -0.25) is 4.79 Å². The zero-order valence-electron chi connectivity index (χ0n) is 15.2. The zero-order chi connectivity index (χ0) is 18.5. The number of ether oxygens (including phenoxy) is 2. The van der Waals surface area contributed by atoms with Crippen LogP contribution in [0.1, 0.15) is 49.4 Å². The van der Waals surface area contributed by atoms with Gasteiger partial charge in [-0.15, -0.1) is 0 Å². The van der Waals surface area contributed by atoms with Crippen LogP contribution in [0.5, 0.6) is 5.75 Å². The molecule has 0 bridgehead atoms. The van der Waals surface area contributed by atoms with Crippen molar-refractivity contribution < 1.29 is 24.2 Å². The van der Waals surface area contributed by atoms with E-state index in [0.29, 0.717) is 18.0 Å². The average Bonchev–Trinajstić information content (AvgIpc) is 2.66. The van der Waals surface area contributed by atoms with Crippen LogP contribution in [-0.4, -0.2) is 53.8 Å². The lowest BCUT2D eigenvalue weighted by Gasteiger charge is -2.35. The van der Waals surface area contributed by atoms with Crippen LogP contribution in [0.15, 0.2) is 24.3 Å². The van der Waals surface area contributed by atoms with E-state index in [0.717, 1.165) is 12.4 Å². The van der Waals surface area contributed by atoms with Gasteiger partial charge in [0, 0.05) is 12.1 Å². The van der Waals surface area contributed by atoms with E-state index in [1.54, 1.807) is 24.0 Å². The third-order valence-corrected chi connectivity index (χ3v) is 5.13. The third kappa shape index (κ3) is 4.75. The number of benzene rings is 1. The Balaban J connectivity index is 1.56. The number of hydrogen-bond donors (Lipinski definition) is 1. The first-order valence-corrected chi connectivity index (χ1v) is 9.43. The molecular formula is C20H27NO5. The van der Waals surface area contributed by atoms with Crippen LogP contribution in [-0.2, 0) is 9.53 Å². The minimum Gasteiger partial charge on any atom is -0.493 e. The summed E-state index contributed by atoms with van der Waals surface area (Å²) in [5.74, 6) is 0.185. The summed E-state index contributed by atoms with van der Waals surface area (Å²) in [6.07, 6.45) is 5.10. The van der Waals surface area contributed by atoms with Crippen molar-refractivity contribution in [2.45, 2.75) is 51.2 Å². The molecule has 1 aromatic rings. The Bertz CT molecular complexity index is 624. The Morgan fingerprint density at radius 3 is 2.50 bits per heavy atom. The molecule has 2 aliphatic rings. The number of carbonyl (C=O) groups is 2. The lowest BCUT2D eigenvalue weighted by molar-refractivity contribution is -0.160. The fraction of sp³-hybridized carbons (Fsp3) is 0.600. The van der Waals surface area contributed by atoms with E-state index >= 15 is 0 Å². The Morgan fingerprint density at radius 2 is 1.85 bits per heavy atom. The molecule has 1 aliphatic heterocycles. The molecule has 26 heavy (non-hydrogen) atoms. The second-order valence-corrected chi connectivity index (χ2v) is 7.32. The van der Waals surface area contributed by atoms with Crippen molar-refractivity contribution in [3.63, 3.8) is 0 Å². The number of carbonyl (C=O) groups excluding carboxylic acids is 1. The summed E-state index contributed by atoms with van der Waals surface area (Å²) in [5, 5.41) is 9.15. The van der Waals surface area contributed by atoms with Gasteiger partial charge in [0.2, 0.25) is 0 Å². The van der Waals surface area contributed by atoms with Crippen LogP contribution < -0.4 is 4.74 Å². The monoisotopic (exact) mass is 361 g/mol. The van der Waals surface area contributed by atoms with Crippen LogP contribution in [0.25, 0.3) is 0 Å². The molecule has 6 nitrogen and oxygen atoms in total. The first kappa shape index (κ1) is 18.7. The van der Waals surface area contributed by atoms with Crippen molar-refractivity contribution in [3.8, 4) is 5.75 Å². The van der Waals surface area contributed by atoms with E-state index in [4.69, 9.17) is 14.6 Å². The normalized spacial score (nSPS) is 24.3. The Labute approximate surface area is 154 Å². The van der Waals surface area contributed by atoms with Crippen LogP contribution in [0, 0.1) is 5.92 Å². The number of hydrogen-bond acceptors (Lipinski definition) is 4. The molecular weight excluding hydrogens is 334 g/mol. The van der Waals surface area contributed by atoms with E-state index in [1.165, 1.54) is 32.1 Å². The number of carboxylic acid groups (broad SMARTS) is 1. The Morgan fingerprint density at radius 1 is 1.15 bits per heavy atom. The number of aliphatic carboxylic acids is 1. The summed E-state index contributed by atoms with van der Waals surface area (Å²) in [6, 6.07) is 7.12. The molecule has 1 unspecified atom stereocenters. The van der Waals surface area contributed by atoms with Crippen molar-refractivity contribution in [1.29, 1.82) is 0 Å². The maximum absolute atomic E-state index is 12.7. The quantitative estimate of drug-likeness (QED) is 0.873. The lowest BCUT2D eigenvalue weighted by Crippen LogP contribution is -2.51. The molecule has 1 heterocycles. The highest BCUT2D eigenvalue weighted by Gasteiger charge is 2.33. The highest BCUT2D eigenvalue weighted by molar-refractivity contribution is 5.94. The van der Waals surface area contributed by atoms with Gasteiger partial charge < -0.3 is 19.5 Å². The topological polar surface area (TPSA) is 76.1 Å². The first-order chi connectivity index (χ1) is 12.5. The number of nitrogens with zero attached hydrogens (tertiary/aromatic N) is 1. The molecule has 6 heteroatoms. The van der Waals surface area contributed by atoms with E-state index in [1.807, 2.05) is 12.1 Å². The van der Waals surface area contributed by atoms with Gasteiger partial charge in [0.15, 0.2) is 6.10 Å². The zero-order valence-corrected chi connectivity index (χ0v) is 15.2. The second kappa shape index (κ2) is 8.54. The summed E-state index contributed by atoms with van der Waals surface area (Å²) < 4.78 is 11.2. The van der Waals surface area contributed by atoms with Crippen molar-refractivity contribution in [2.24, 2.45) is 5.92 Å². The fourth-order valence-corrected chi connectivity index (χ4v) is 3.70. The highest BCUT2D eigenvalue weighted by atomic mass is 16.5. The molecule has 2 fully saturated rings. The molecule has 142 valence electrons. The van der Waals surface area contributed by atoms with Gasteiger partial charge >= 0.3 is 5.97 Å². The molecule has 1 saturated heterocycles. The third-order valence-electron chi connectivity index (χ3n) is 5.13. The van der Waals surface area contributed by atoms with Gasteiger partial charge in [0.25, 0.3) is 5.91 Å². The van der Waals surface area contributed by atoms with Gasteiger partial charge in [-0.2, -0.15) is 0 Å². The first-order valence-electron chi connectivity index (χ1n) is 9.43. The van der Waals surface area contributed by atoms with Crippen LogP contribution in [0.2, 0.25) is 0 Å². The van der Waals surface area contributed by atoms with E-state index in [-0.39, 0.29) is 18.6 Å². The molecule has 1 saturated carbocycles. The molecule has 0 radical (unpaired) electrons. The summed E-state index contributed by atoms with van der Waals surface area (Å²) in [5.41, 5.74) is 0.535. The van der Waals surface area contributed by atoms with Crippen molar-refractivity contribution in [1.82, 2.24) is 4.90 Å². The molecule has 0 aromatic heterocycles. The minimum absolute atomic E-state index is 0.0679. The second-order valence-electron chi connectivity index (χ2n) is 7.32. The minimum atomic E-state index is -1.04. The summed E-state index contributed by atoms with van der Waals surface area (Å²) in [7, 11) is 0. The number of rotatable bonds is 5. The smallest absolute Gasteiger partial charge is 0.334 e. The van der Waals surface area contributed by atoms with Gasteiger partial charge in [-0.1, -0.05) is 19.3 Å². The molecule has 2 atom stereocenters. The van der Waals surface area contributed by atoms with Crippen molar-refractivity contribution in [3.05, 3.63) is 29.8 Å². The standard InChI is InChI=1S/C20H27NO5/c1-14-11-21(12-18(26-14)20(23)24)19(22)16-7-9-17(10-8-16)25-13-15-5-3-2-4-6-15/h7-10,14-15,18H,2-6,11-13H2,1H3,(H,23,24)/t14-,18?/m1/s1. The number of morpholine rings is 1.